The van der Waals surface area contributed by atoms with Gasteiger partial charge in [-0.2, -0.15) is 0 Å². The summed E-state index contributed by atoms with van der Waals surface area (Å²) in [7, 11) is 1.50. The van der Waals surface area contributed by atoms with Gasteiger partial charge in [0.2, 0.25) is 5.91 Å². The largest absolute Gasteiger partial charge is 0.449 e. The van der Waals surface area contributed by atoms with Crippen molar-refractivity contribution in [3.63, 3.8) is 0 Å². The number of hydrogen-bond acceptors (Lipinski definition) is 4. The van der Waals surface area contributed by atoms with Crippen molar-refractivity contribution in [2.24, 2.45) is 0 Å². The van der Waals surface area contributed by atoms with Crippen molar-refractivity contribution in [1.29, 1.82) is 0 Å². The SMILES string of the molecule is Cc1ccc(NC(=O)CN(C)C(=O)[C@H](C)OC(=O)c2cc(C)ccc2C)cc1. The molecule has 2 aromatic rings. The van der Waals surface area contributed by atoms with Crippen molar-refractivity contribution in [2.45, 2.75) is 33.8 Å². The lowest BCUT2D eigenvalue weighted by molar-refractivity contribution is -0.140. The van der Waals surface area contributed by atoms with E-state index in [1.807, 2.05) is 45.0 Å². The molecule has 0 aromatic heterocycles. The normalized spacial score (nSPS) is 11.5. The van der Waals surface area contributed by atoms with Crippen molar-refractivity contribution >= 4 is 23.5 Å². The van der Waals surface area contributed by atoms with Crippen molar-refractivity contribution in [1.82, 2.24) is 4.90 Å². The molecule has 0 radical (unpaired) electrons. The fourth-order valence-electron chi connectivity index (χ4n) is 2.67. The fourth-order valence-corrected chi connectivity index (χ4v) is 2.67. The lowest BCUT2D eigenvalue weighted by Crippen LogP contribution is -2.41. The van der Waals surface area contributed by atoms with Gasteiger partial charge in [0.25, 0.3) is 5.91 Å². The maximum absolute atomic E-state index is 12.5. The average molecular weight is 382 g/mol. The van der Waals surface area contributed by atoms with Gasteiger partial charge in [-0.1, -0.05) is 35.4 Å². The van der Waals surface area contributed by atoms with Gasteiger partial charge in [0.15, 0.2) is 6.10 Å². The summed E-state index contributed by atoms with van der Waals surface area (Å²) in [5.41, 5.74) is 3.89. The average Bonchev–Trinajstić information content (AvgIpc) is 2.64. The number of likely N-dealkylation sites (N-methyl/N-ethyl adjacent to an activating group) is 1. The molecule has 6 nitrogen and oxygen atoms in total. The van der Waals surface area contributed by atoms with E-state index in [2.05, 4.69) is 5.32 Å². The molecule has 2 amide bonds. The van der Waals surface area contributed by atoms with Crippen LogP contribution in [0, 0.1) is 20.8 Å². The number of aryl methyl sites for hydroxylation is 3. The minimum atomic E-state index is -0.996. The van der Waals surface area contributed by atoms with E-state index in [-0.39, 0.29) is 12.5 Å². The molecule has 0 saturated heterocycles. The number of ether oxygens (including phenoxy) is 1. The highest BCUT2D eigenvalue weighted by atomic mass is 16.5. The highest BCUT2D eigenvalue weighted by molar-refractivity contribution is 5.96. The van der Waals surface area contributed by atoms with Gasteiger partial charge in [-0.15, -0.1) is 0 Å². The number of benzene rings is 2. The van der Waals surface area contributed by atoms with Gasteiger partial charge in [-0.3, -0.25) is 9.59 Å². The van der Waals surface area contributed by atoms with E-state index < -0.39 is 18.0 Å². The van der Waals surface area contributed by atoms with Crippen LogP contribution >= 0.6 is 0 Å². The van der Waals surface area contributed by atoms with Gasteiger partial charge in [-0.05, 0) is 51.5 Å². The van der Waals surface area contributed by atoms with Gasteiger partial charge >= 0.3 is 5.97 Å². The molecule has 0 bridgehead atoms. The molecule has 0 fully saturated rings. The Labute approximate surface area is 165 Å². The first-order valence-electron chi connectivity index (χ1n) is 9.07. The van der Waals surface area contributed by atoms with E-state index in [9.17, 15) is 14.4 Å². The Morgan fingerprint density at radius 1 is 1.00 bits per heavy atom. The zero-order valence-electron chi connectivity index (χ0n) is 16.9. The lowest BCUT2D eigenvalue weighted by Gasteiger charge is -2.21. The van der Waals surface area contributed by atoms with Gasteiger partial charge in [0.05, 0.1) is 12.1 Å². The topological polar surface area (TPSA) is 75.7 Å². The van der Waals surface area contributed by atoms with E-state index in [1.54, 1.807) is 18.2 Å². The third-order valence-electron chi connectivity index (χ3n) is 4.34. The van der Waals surface area contributed by atoms with Crippen LogP contribution in [0.1, 0.15) is 34.0 Å². The Bertz CT molecular complexity index is 875. The van der Waals surface area contributed by atoms with Crippen molar-refractivity contribution in [3.05, 3.63) is 64.7 Å². The number of carbonyl (C=O) groups is 3. The first-order chi connectivity index (χ1) is 13.2. The molecule has 0 spiro atoms. The Morgan fingerprint density at radius 2 is 1.61 bits per heavy atom. The van der Waals surface area contributed by atoms with Gasteiger partial charge < -0.3 is 15.0 Å². The summed E-state index contributed by atoms with van der Waals surface area (Å²) in [5, 5.41) is 2.73. The summed E-state index contributed by atoms with van der Waals surface area (Å²) in [5.74, 6) is -1.33. The predicted octanol–water partition coefficient (Wildman–Crippen LogP) is 3.25. The molecule has 0 saturated carbocycles. The van der Waals surface area contributed by atoms with Crippen molar-refractivity contribution in [2.75, 3.05) is 18.9 Å². The molecule has 148 valence electrons. The van der Waals surface area contributed by atoms with Crippen LogP contribution in [0.25, 0.3) is 0 Å². The molecule has 6 heteroatoms. The number of nitrogens with zero attached hydrogens (tertiary/aromatic N) is 1. The number of anilines is 1. The van der Waals surface area contributed by atoms with Crippen LogP contribution in [-0.2, 0) is 14.3 Å². The summed E-state index contributed by atoms with van der Waals surface area (Å²) in [4.78, 5) is 38.2. The highest BCUT2D eigenvalue weighted by Gasteiger charge is 2.24. The van der Waals surface area contributed by atoms with Crippen LogP contribution in [-0.4, -0.2) is 42.4 Å². The van der Waals surface area contributed by atoms with Crippen LogP contribution in [0.3, 0.4) is 0 Å². The number of carbonyl (C=O) groups excluding carboxylic acids is 3. The molecule has 0 aliphatic rings. The smallest absolute Gasteiger partial charge is 0.339 e. The highest BCUT2D eigenvalue weighted by Crippen LogP contribution is 2.14. The van der Waals surface area contributed by atoms with Gasteiger partial charge in [0.1, 0.15) is 0 Å². The van der Waals surface area contributed by atoms with Crippen LogP contribution in [0.15, 0.2) is 42.5 Å². The first kappa shape index (κ1) is 21.2. The molecule has 0 unspecified atom stereocenters. The van der Waals surface area contributed by atoms with E-state index in [0.29, 0.717) is 11.3 Å². The lowest BCUT2D eigenvalue weighted by atomic mass is 10.1. The van der Waals surface area contributed by atoms with Crippen LogP contribution in [0.4, 0.5) is 5.69 Å². The Balaban J connectivity index is 1.92. The molecular weight excluding hydrogens is 356 g/mol. The molecule has 0 aliphatic carbocycles. The first-order valence-corrected chi connectivity index (χ1v) is 9.07. The molecule has 0 heterocycles. The fraction of sp³-hybridized carbons (Fsp3) is 0.318. The van der Waals surface area contributed by atoms with Gasteiger partial charge in [0, 0.05) is 12.7 Å². The Kier molecular flexibility index (Phi) is 6.93. The number of rotatable bonds is 6. The Hall–Kier alpha value is -3.15. The molecule has 28 heavy (non-hydrogen) atoms. The molecule has 1 atom stereocenters. The second kappa shape index (κ2) is 9.17. The molecule has 1 N–H and O–H groups in total. The summed E-state index contributed by atoms with van der Waals surface area (Å²) in [6.45, 7) is 7.01. The standard InChI is InChI=1S/C22H26N2O4/c1-14-7-10-18(11-8-14)23-20(25)13-24(5)21(26)17(4)28-22(27)19-12-15(2)6-9-16(19)3/h6-12,17H,13H2,1-5H3,(H,23,25)/t17-/m0/s1. The van der Waals surface area contributed by atoms with Crippen LogP contribution < -0.4 is 5.32 Å². The van der Waals surface area contributed by atoms with Crippen LogP contribution in [0.2, 0.25) is 0 Å². The molecule has 0 aliphatic heterocycles. The van der Waals surface area contributed by atoms with Crippen LogP contribution in [0.5, 0.6) is 0 Å². The summed E-state index contributed by atoms with van der Waals surface area (Å²) in [6, 6.07) is 12.8. The van der Waals surface area contributed by atoms with E-state index >= 15 is 0 Å². The zero-order valence-corrected chi connectivity index (χ0v) is 16.9. The third-order valence-corrected chi connectivity index (χ3v) is 4.34. The number of esters is 1. The predicted molar refractivity (Wildman–Crippen MR) is 108 cm³/mol. The summed E-state index contributed by atoms with van der Waals surface area (Å²) >= 11 is 0. The number of hydrogen-bond donors (Lipinski definition) is 1. The second-order valence-electron chi connectivity index (χ2n) is 6.97. The molecular formula is C22H26N2O4. The van der Waals surface area contributed by atoms with E-state index in [1.165, 1.54) is 18.9 Å². The summed E-state index contributed by atoms with van der Waals surface area (Å²) in [6.07, 6.45) is -0.996. The van der Waals surface area contributed by atoms with Crippen molar-refractivity contribution in [3.8, 4) is 0 Å². The maximum atomic E-state index is 12.5. The zero-order chi connectivity index (χ0) is 20.8. The number of amides is 2. The number of nitrogens with one attached hydrogen (secondary N) is 1. The quantitative estimate of drug-likeness (QED) is 0.778. The van der Waals surface area contributed by atoms with E-state index in [0.717, 1.165) is 16.7 Å². The van der Waals surface area contributed by atoms with Crippen molar-refractivity contribution < 1.29 is 19.1 Å². The monoisotopic (exact) mass is 382 g/mol. The maximum Gasteiger partial charge on any atom is 0.339 e. The third kappa shape index (κ3) is 5.67. The van der Waals surface area contributed by atoms with E-state index in [4.69, 9.17) is 4.74 Å². The minimum Gasteiger partial charge on any atom is -0.449 e. The van der Waals surface area contributed by atoms with Gasteiger partial charge in [-0.25, -0.2) is 4.79 Å². The Morgan fingerprint density at radius 3 is 2.25 bits per heavy atom. The molecule has 2 aromatic carbocycles. The second-order valence-corrected chi connectivity index (χ2v) is 6.97. The summed E-state index contributed by atoms with van der Waals surface area (Å²) < 4.78 is 5.31. The minimum absolute atomic E-state index is 0.141. The molecule has 2 rings (SSSR count).